The van der Waals surface area contributed by atoms with E-state index in [0.29, 0.717) is 6.42 Å². The van der Waals surface area contributed by atoms with Crippen LogP contribution in [-0.2, 0) is 9.59 Å². The second-order valence-corrected chi connectivity index (χ2v) is 3.82. The van der Waals surface area contributed by atoms with Crippen molar-refractivity contribution in [2.24, 2.45) is 0 Å². The Kier molecular flexibility index (Phi) is 7.54. The van der Waals surface area contributed by atoms with Gasteiger partial charge < -0.3 is 15.1 Å². The van der Waals surface area contributed by atoms with Gasteiger partial charge in [0.2, 0.25) is 5.91 Å². The summed E-state index contributed by atoms with van der Waals surface area (Å²) in [6.07, 6.45) is 2.09. The van der Waals surface area contributed by atoms with Gasteiger partial charge in [-0.3, -0.25) is 9.59 Å². The SMILES string of the molecule is CCCCCC(=O)N(CCC(=O)O)C(C)O. The number of aliphatic carboxylic acids is 1. The smallest absolute Gasteiger partial charge is 0.305 e. The van der Waals surface area contributed by atoms with Gasteiger partial charge in [-0.15, -0.1) is 0 Å². The second kappa shape index (κ2) is 8.10. The Morgan fingerprint density at radius 1 is 1.25 bits per heavy atom. The van der Waals surface area contributed by atoms with Gasteiger partial charge in [0.25, 0.3) is 0 Å². The van der Waals surface area contributed by atoms with Crippen LogP contribution in [0.5, 0.6) is 0 Å². The molecule has 5 heteroatoms. The molecule has 0 aliphatic rings. The molecule has 0 spiro atoms. The summed E-state index contributed by atoms with van der Waals surface area (Å²) in [4.78, 5) is 23.2. The molecule has 0 heterocycles. The Balaban J connectivity index is 4.08. The molecule has 0 saturated heterocycles. The van der Waals surface area contributed by atoms with E-state index in [1.54, 1.807) is 0 Å². The number of unbranched alkanes of at least 4 members (excludes halogenated alkanes) is 2. The van der Waals surface area contributed by atoms with Crippen LogP contribution >= 0.6 is 0 Å². The topological polar surface area (TPSA) is 77.8 Å². The molecular weight excluding hydrogens is 210 g/mol. The maximum Gasteiger partial charge on any atom is 0.305 e. The van der Waals surface area contributed by atoms with E-state index in [9.17, 15) is 14.7 Å². The van der Waals surface area contributed by atoms with Crippen LogP contribution in [0.15, 0.2) is 0 Å². The van der Waals surface area contributed by atoms with Crippen LogP contribution in [0.4, 0.5) is 0 Å². The molecular formula is C11H21NO4. The molecule has 0 aliphatic heterocycles. The summed E-state index contributed by atoms with van der Waals surface area (Å²) in [6.45, 7) is 3.58. The highest BCUT2D eigenvalue weighted by atomic mass is 16.4. The minimum Gasteiger partial charge on any atom is -0.481 e. The van der Waals surface area contributed by atoms with E-state index in [0.717, 1.165) is 19.3 Å². The maximum atomic E-state index is 11.6. The summed E-state index contributed by atoms with van der Waals surface area (Å²) in [6, 6.07) is 0. The van der Waals surface area contributed by atoms with E-state index < -0.39 is 12.2 Å². The van der Waals surface area contributed by atoms with Crippen molar-refractivity contribution < 1.29 is 19.8 Å². The third-order valence-corrected chi connectivity index (χ3v) is 2.33. The first kappa shape index (κ1) is 14.9. The first-order chi connectivity index (χ1) is 7.49. The average Bonchev–Trinajstić information content (AvgIpc) is 2.17. The van der Waals surface area contributed by atoms with Gasteiger partial charge in [-0.1, -0.05) is 19.8 Å². The molecule has 0 radical (unpaired) electrons. The number of carboxylic acid groups (broad SMARTS) is 1. The van der Waals surface area contributed by atoms with E-state index in [4.69, 9.17) is 5.11 Å². The molecule has 1 atom stereocenters. The molecule has 0 bridgehead atoms. The van der Waals surface area contributed by atoms with Crippen molar-refractivity contribution in [1.82, 2.24) is 4.90 Å². The molecule has 94 valence electrons. The highest BCUT2D eigenvalue weighted by Crippen LogP contribution is 2.06. The molecule has 0 aromatic heterocycles. The number of aliphatic hydroxyl groups is 1. The molecule has 0 rings (SSSR count). The number of rotatable bonds is 8. The van der Waals surface area contributed by atoms with Crippen LogP contribution in [0.1, 0.15) is 46.0 Å². The standard InChI is InChI=1S/C11H21NO4/c1-3-4-5-6-10(14)12(9(2)13)8-7-11(15)16/h9,13H,3-8H2,1-2H3,(H,15,16). The predicted octanol–water partition coefficient (Wildman–Crippen LogP) is 1.21. The van der Waals surface area contributed by atoms with Crippen LogP contribution in [-0.4, -0.2) is 39.8 Å². The van der Waals surface area contributed by atoms with Crippen molar-refractivity contribution in [3.05, 3.63) is 0 Å². The zero-order valence-corrected chi connectivity index (χ0v) is 9.98. The highest BCUT2D eigenvalue weighted by molar-refractivity contribution is 5.77. The zero-order chi connectivity index (χ0) is 12.6. The Hall–Kier alpha value is -1.10. The fraction of sp³-hybridized carbons (Fsp3) is 0.818. The van der Waals surface area contributed by atoms with Crippen molar-refractivity contribution in [2.45, 2.75) is 52.2 Å². The van der Waals surface area contributed by atoms with Crippen LogP contribution in [0.2, 0.25) is 0 Å². The molecule has 1 amide bonds. The molecule has 0 aromatic rings. The van der Waals surface area contributed by atoms with Gasteiger partial charge in [-0.2, -0.15) is 0 Å². The lowest BCUT2D eigenvalue weighted by Gasteiger charge is -2.24. The molecule has 16 heavy (non-hydrogen) atoms. The van der Waals surface area contributed by atoms with Gasteiger partial charge in [0.15, 0.2) is 0 Å². The normalized spacial score (nSPS) is 12.2. The van der Waals surface area contributed by atoms with E-state index in [1.807, 2.05) is 6.92 Å². The monoisotopic (exact) mass is 231 g/mol. The van der Waals surface area contributed by atoms with Gasteiger partial charge in [0, 0.05) is 13.0 Å². The zero-order valence-electron chi connectivity index (χ0n) is 9.98. The molecule has 2 N–H and O–H groups in total. The van der Waals surface area contributed by atoms with Gasteiger partial charge in [-0.05, 0) is 13.3 Å². The lowest BCUT2D eigenvalue weighted by atomic mass is 10.2. The van der Waals surface area contributed by atoms with Gasteiger partial charge in [0.1, 0.15) is 6.23 Å². The van der Waals surface area contributed by atoms with Crippen molar-refractivity contribution in [2.75, 3.05) is 6.54 Å². The van der Waals surface area contributed by atoms with Gasteiger partial charge in [-0.25, -0.2) is 0 Å². The van der Waals surface area contributed by atoms with Crippen molar-refractivity contribution in [3.8, 4) is 0 Å². The number of carbonyl (C=O) groups excluding carboxylic acids is 1. The Labute approximate surface area is 96.1 Å². The van der Waals surface area contributed by atoms with Crippen LogP contribution in [0.3, 0.4) is 0 Å². The maximum absolute atomic E-state index is 11.6. The first-order valence-electron chi connectivity index (χ1n) is 5.68. The fourth-order valence-electron chi connectivity index (χ4n) is 1.41. The van der Waals surface area contributed by atoms with E-state index in [-0.39, 0.29) is 18.9 Å². The average molecular weight is 231 g/mol. The number of nitrogens with zero attached hydrogens (tertiary/aromatic N) is 1. The molecule has 0 aromatic carbocycles. The van der Waals surface area contributed by atoms with E-state index in [1.165, 1.54) is 11.8 Å². The lowest BCUT2D eigenvalue weighted by Crippen LogP contribution is -2.39. The van der Waals surface area contributed by atoms with E-state index in [2.05, 4.69) is 0 Å². The van der Waals surface area contributed by atoms with Crippen LogP contribution in [0.25, 0.3) is 0 Å². The second-order valence-electron chi connectivity index (χ2n) is 3.82. The number of hydrogen-bond donors (Lipinski definition) is 2. The van der Waals surface area contributed by atoms with Gasteiger partial charge >= 0.3 is 5.97 Å². The van der Waals surface area contributed by atoms with Gasteiger partial charge in [0.05, 0.1) is 6.42 Å². The summed E-state index contributed by atoms with van der Waals surface area (Å²) in [5.41, 5.74) is 0. The number of hydrogen-bond acceptors (Lipinski definition) is 3. The Bertz CT molecular complexity index is 228. The summed E-state index contributed by atoms with van der Waals surface area (Å²) in [7, 11) is 0. The minimum atomic E-state index is -0.966. The number of aliphatic hydroxyl groups excluding tert-OH is 1. The molecule has 0 fully saturated rings. The summed E-state index contributed by atoms with van der Waals surface area (Å²) < 4.78 is 0. The quantitative estimate of drug-likeness (QED) is 0.486. The molecule has 5 nitrogen and oxygen atoms in total. The summed E-state index contributed by atoms with van der Waals surface area (Å²) >= 11 is 0. The number of carboxylic acids is 1. The van der Waals surface area contributed by atoms with Crippen molar-refractivity contribution in [3.63, 3.8) is 0 Å². The Morgan fingerprint density at radius 3 is 2.31 bits per heavy atom. The highest BCUT2D eigenvalue weighted by Gasteiger charge is 2.18. The summed E-state index contributed by atoms with van der Waals surface area (Å²) in [5, 5.41) is 17.9. The third-order valence-electron chi connectivity index (χ3n) is 2.33. The lowest BCUT2D eigenvalue weighted by molar-refractivity contribution is -0.143. The van der Waals surface area contributed by atoms with Crippen LogP contribution < -0.4 is 0 Å². The number of amides is 1. The van der Waals surface area contributed by atoms with Crippen molar-refractivity contribution in [1.29, 1.82) is 0 Å². The molecule has 0 saturated carbocycles. The predicted molar refractivity (Wildman–Crippen MR) is 59.8 cm³/mol. The minimum absolute atomic E-state index is 0.0674. The van der Waals surface area contributed by atoms with Crippen LogP contribution in [0, 0.1) is 0 Å². The largest absolute Gasteiger partial charge is 0.481 e. The van der Waals surface area contributed by atoms with E-state index >= 15 is 0 Å². The fourth-order valence-corrected chi connectivity index (χ4v) is 1.41. The van der Waals surface area contributed by atoms with Crippen molar-refractivity contribution >= 4 is 11.9 Å². The number of carbonyl (C=O) groups is 2. The Morgan fingerprint density at radius 2 is 1.88 bits per heavy atom. The third kappa shape index (κ3) is 6.40. The first-order valence-corrected chi connectivity index (χ1v) is 5.68. The summed E-state index contributed by atoms with van der Waals surface area (Å²) in [5.74, 6) is -1.14. The molecule has 1 unspecified atom stereocenters. The molecule has 0 aliphatic carbocycles.